The van der Waals surface area contributed by atoms with Crippen LogP contribution in [-0.2, 0) is 11.3 Å². The van der Waals surface area contributed by atoms with Gasteiger partial charge in [-0.15, -0.1) is 13.2 Å². The van der Waals surface area contributed by atoms with E-state index < -0.39 is 11.3 Å². The topological polar surface area (TPSA) is 99.3 Å². The quantitative estimate of drug-likeness (QED) is 0.593. The molecule has 0 fully saturated rings. The minimum atomic E-state index is -4.77. The summed E-state index contributed by atoms with van der Waals surface area (Å²) in [6.45, 7) is 2.00. The van der Waals surface area contributed by atoms with Crippen LogP contribution in [0.2, 0.25) is 0 Å². The molecule has 140 valence electrons. The van der Waals surface area contributed by atoms with E-state index in [0.717, 1.165) is 12.1 Å². The Labute approximate surface area is 145 Å². The largest absolute Gasteiger partial charge is 0.573 e. The number of carbonyl (C=O) groups excluding carboxylic acids is 1. The standard InChI is InChI=1S/C15H15F3N4O4/c1-10-9-13(22(24)25)20-21(10)8-2-3-14(23)19-11-4-6-12(7-5-11)26-15(16,17)18/h4-7,9H,2-3,8H2,1H3,(H,19,23). The molecule has 0 unspecified atom stereocenters. The Morgan fingerprint density at radius 2 is 2.00 bits per heavy atom. The van der Waals surface area contributed by atoms with E-state index in [-0.39, 0.29) is 23.9 Å². The van der Waals surface area contributed by atoms with Gasteiger partial charge >= 0.3 is 12.2 Å². The number of aromatic nitrogens is 2. The summed E-state index contributed by atoms with van der Waals surface area (Å²) in [6, 6.07) is 6.11. The SMILES string of the molecule is Cc1cc([N+](=O)[O-])nn1CCCC(=O)Nc1ccc(OC(F)(F)F)cc1. The number of nitro groups is 1. The van der Waals surface area contributed by atoms with Crippen LogP contribution in [0.5, 0.6) is 5.75 Å². The number of ether oxygens (including phenoxy) is 1. The monoisotopic (exact) mass is 372 g/mol. The first-order valence-electron chi connectivity index (χ1n) is 7.48. The van der Waals surface area contributed by atoms with Gasteiger partial charge in [-0.1, -0.05) is 0 Å². The first-order valence-corrected chi connectivity index (χ1v) is 7.48. The van der Waals surface area contributed by atoms with Gasteiger partial charge in [0.05, 0.1) is 23.4 Å². The number of halogens is 3. The van der Waals surface area contributed by atoms with Crippen molar-refractivity contribution in [1.29, 1.82) is 0 Å². The second-order valence-corrected chi connectivity index (χ2v) is 5.35. The maximum Gasteiger partial charge on any atom is 0.573 e. The summed E-state index contributed by atoms with van der Waals surface area (Å²) in [5, 5.41) is 17.0. The summed E-state index contributed by atoms with van der Waals surface area (Å²) in [7, 11) is 0. The maximum atomic E-state index is 12.1. The first-order chi connectivity index (χ1) is 12.1. The number of carbonyl (C=O) groups is 1. The van der Waals surface area contributed by atoms with Crippen molar-refractivity contribution in [3.63, 3.8) is 0 Å². The van der Waals surface area contributed by atoms with E-state index in [1.807, 2.05) is 0 Å². The van der Waals surface area contributed by atoms with Gasteiger partial charge in [-0.3, -0.25) is 4.79 Å². The number of aryl methyl sites for hydroxylation is 2. The van der Waals surface area contributed by atoms with E-state index in [1.165, 1.54) is 22.9 Å². The average molecular weight is 372 g/mol. The molecular formula is C15H15F3N4O4. The zero-order valence-electron chi connectivity index (χ0n) is 13.6. The zero-order valence-corrected chi connectivity index (χ0v) is 13.6. The minimum Gasteiger partial charge on any atom is -0.406 e. The summed E-state index contributed by atoms with van der Waals surface area (Å²) < 4.78 is 41.4. The number of amides is 1. The fourth-order valence-corrected chi connectivity index (χ4v) is 2.16. The van der Waals surface area contributed by atoms with Gasteiger partial charge in [0.25, 0.3) is 0 Å². The van der Waals surface area contributed by atoms with Crippen molar-refractivity contribution < 1.29 is 27.6 Å². The number of hydrogen-bond acceptors (Lipinski definition) is 5. The number of nitrogens with one attached hydrogen (secondary N) is 1. The van der Waals surface area contributed by atoms with Gasteiger partial charge in [-0.2, -0.15) is 4.68 Å². The highest BCUT2D eigenvalue weighted by molar-refractivity contribution is 5.90. The lowest BCUT2D eigenvalue weighted by atomic mass is 10.2. The Kier molecular flexibility index (Phi) is 5.80. The van der Waals surface area contributed by atoms with Gasteiger partial charge in [0.2, 0.25) is 5.91 Å². The molecule has 2 rings (SSSR count). The molecule has 0 saturated heterocycles. The lowest BCUT2D eigenvalue weighted by molar-refractivity contribution is -0.389. The van der Waals surface area contributed by atoms with Crippen LogP contribution in [0.1, 0.15) is 18.5 Å². The van der Waals surface area contributed by atoms with Gasteiger partial charge in [-0.05, 0) is 42.5 Å². The Bertz CT molecular complexity index is 787. The smallest absolute Gasteiger partial charge is 0.406 e. The van der Waals surface area contributed by atoms with Crippen LogP contribution in [0.3, 0.4) is 0 Å². The lowest BCUT2D eigenvalue weighted by Crippen LogP contribution is -2.17. The highest BCUT2D eigenvalue weighted by Gasteiger charge is 2.30. The number of alkyl halides is 3. The van der Waals surface area contributed by atoms with Crippen molar-refractivity contribution in [2.24, 2.45) is 0 Å². The molecule has 0 radical (unpaired) electrons. The first kappa shape index (κ1) is 19.2. The molecule has 0 bridgehead atoms. The third-order valence-corrected chi connectivity index (χ3v) is 3.30. The fourth-order valence-electron chi connectivity index (χ4n) is 2.16. The van der Waals surface area contributed by atoms with E-state index in [0.29, 0.717) is 24.3 Å². The summed E-state index contributed by atoms with van der Waals surface area (Å²) in [6.07, 6.45) is -4.26. The molecule has 1 heterocycles. The Morgan fingerprint density at radius 3 is 2.54 bits per heavy atom. The number of anilines is 1. The van der Waals surface area contributed by atoms with E-state index in [1.54, 1.807) is 6.92 Å². The highest BCUT2D eigenvalue weighted by Crippen LogP contribution is 2.24. The molecule has 0 aliphatic heterocycles. The van der Waals surface area contributed by atoms with Crippen LogP contribution < -0.4 is 10.1 Å². The van der Waals surface area contributed by atoms with Crippen LogP contribution in [0.4, 0.5) is 24.7 Å². The summed E-state index contributed by atoms with van der Waals surface area (Å²) in [5.41, 5.74) is 0.938. The van der Waals surface area contributed by atoms with Gasteiger partial charge < -0.3 is 20.2 Å². The molecular weight excluding hydrogens is 357 g/mol. The van der Waals surface area contributed by atoms with Crippen LogP contribution >= 0.6 is 0 Å². The molecule has 0 aliphatic rings. The predicted molar refractivity (Wildman–Crippen MR) is 84.6 cm³/mol. The van der Waals surface area contributed by atoms with Gasteiger partial charge in [0, 0.05) is 12.1 Å². The number of hydrogen-bond donors (Lipinski definition) is 1. The van der Waals surface area contributed by atoms with Crippen LogP contribution in [0.15, 0.2) is 30.3 Å². The third-order valence-electron chi connectivity index (χ3n) is 3.30. The molecule has 0 aliphatic carbocycles. The molecule has 26 heavy (non-hydrogen) atoms. The molecule has 2 aromatic rings. The number of nitrogens with zero attached hydrogens (tertiary/aromatic N) is 3. The van der Waals surface area contributed by atoms with Crippen molar-refractivity contribution in [2.45, 2.75) is 32.7 Å². The van der Waals surface area contributed by atoms with Crippen molar-refractivity contribution in [2.75, 3.05) is 5.32 Å². The van der Waals surface area contributed by atoms with Crippen molar-refractivity contribution in [3.8, 4) is 5.75 Å². The molecule has 1 N–H and O–H groups in total. The van der Waals surface area contributed by atoms with Crippen molar-refractivity contribution >= 4 is 17.4 Å². The maximum absolute atomic E-state index is 12.1. The van der Waals surface area contributed by atoms with E-state index >= 15 is 0 Å². The van der Waals surface area contributed by atoms with Crippen molar-refractivity contribution in [1.82, 2.24) is 9.78 Å². The Hall–Kier alpha value is -3.11. The number of benzene rings is 1. The molecule has 0 saturated carbocycles. The predicted octanol–water partition coefficient (Wildman–Crippen LogP) is 3.42. The van der Waals surface area contributed by atoms with Crippen LogP contribution in [0.25, 0.3) is 0 Å². The second kappa shape index (κ2) is 7.85. The van der Waals surface area contributed by atoms with Gasteiger partial charge in [-0.25, -0.2) is 0 Å². The van der Waals surface area contributed by atoms with Gasteiger partial charge in [0.1, 0.15) is 5.75 Å². The van der Waals surface area contributed by atoms with E-state index in [9.17, 15) is 28.1 Å². The molecule has 11 heteroatoms. The molecule has 1 aromatic heterocycles. The average Bonchev–Trinajstić information content (AvgIpc) is 2.89. The Morgan fingerprint density at radius 1 is 1.35 bits per heavy atom. The molecule has 8 nitrogen and oxygen atoms in total. The lowest BCUT2D eigenvalue weighted by Gasteiger charge is -2.10. The Balaban J connectivity index is 1.81. The number of rotatable bonds is 7. The van der Waals surface area contributed by atoms with E-state index in [2.05, 4.69) is 15.2 Å². The van der Waals surface area contributed by atoms with Crippen molar-refractivity contribution in [3.05, 3.63) is 46.1 Å². The summed E-state index contributed by atoms with van der Waals surface area (Å²) in [4.78, 5) is 21.9. The van der Waals surface area contributed by atoms with Crippen LogP contribution in [-0.4, -0.2) is 27.0 Å². The highest BCUT2D eigenvalue weighted by atomic mass is 19.4. The summed E-state index contributed by atoms with van der Waals surface area (Å²) in [5.74, 6) is -0.979. The molecule has 0 atom stereocenters. The molecule has 0 spiro atoms. The molecule has 1 amide bonds. The normalized spacial score (nSPS) is 11.2. The minimum absolute atomic E-state index is 0.119. The summed E-state index contributed by atoms with van der Waals surface area (Å²) >= 11 is 0. The van der Waals surface area contributed by atoms with Gasteiger partial charge in [0.15, 0.2) is 0 Å². The molecule has 1 aromatic carbocycles. The fraction of sp³-hybridized carbons (Fsp3) is 0.333. The third kappa shape index (κ3) is 5.76. The van der Waals surface area contributed by atoms with Crippen LogP contribution in [0, 0.1) is 17.0 Å². The van der Waals surface area contributed by atoms with E-state index in [4.69, 9.17) is 0 Å². The second-order valence-electron chi connectivity index (χ2n) is 5.35. The zero-order chi connectivity index (χ0) is 19.3.